The molecule has 0 atom stereocenters. The number of hydrogen-bond donors (Lipinski definition) is 0. The number of piperazine rings is 1. The molecule has 0 aliphatic carbocycles. The minimum atomic E-state index is 0.206. The highest BCUT2D eigenvalue weighted by Crippen LogP contribution is 2.11. The van der Waals surface area contributed by atoms with E-state index in [4.69, 9.17) is 4.74 Å². The first kappa shape index (κ1) is 21.1. The van der Waals surface area contributed by atoms with Crippen molar-refractivity contribution < 1.29 is 14.3 Å². The van der Waals surface area contributed by atoms with E-state index in [0.29, 0.717) is 19.4 Å². The van der Waals surface area contributed by atoms with Gasteiger partial charge >= 0.3 is 0 Å². The minimum Gasteiger partial charge on any atom is -0.494 e. The molecule has 3 rings (SSSR count). The summed E-state index contributed by atoms with van der Waals surface area (Å²) in [5, 5.41) is 0. The maximum atomic E-state index is 12.4. The van der Waals surface area contributed by atoms with E-state index in [9.17, 15) is 9.59 Å². The van der Waals surface area contributed by atoms with Crippen LogP contribution in [0.2, 0.25) is 0 Å². The van der Waals surface area contributed by atoms with Crippen LogP contribution in [0, 0.1) is 0 Å². The number of ketones is 1. The highest BCUT2D eigenvalue weighted by atomic mass is 16.5. The molecule has 154 valence electrons. The molecular formula is C24H30N2O3. The zero-order valence-corrected chi connectivity index (χ0v) is 17.0. The van der Waals surface area contributed by atoms with E-state index in [1.807, 2.05) is 65.6 Å². The SMILES string of the molecule is O=C(CCCN1CCN(C(=O)CCCOc2ccccc2)CC1)c1ccccc1. The number of rotatable bonds is 10. The molecule has 1 aliphatic rings. The number of carbonyl (C=O) groups is 2. The molecule has 0 unspecified atom stereocenters. The van der Waals surface area contributed by atoms with Crippen LogP contribution in [0.1, 0.15) is 36.0 Å². The molecule has 2 aromatic carbocycles. The number of hydrogen-bond acceptors (Lipinski definition) is 4. The summed E-state index contributed by atoms with van der Waals surface area (Å²) in [5.74, 6) is 1.26. The van der Waals surface area contributed by atoms with Crippen molar-refractivity contribution in [1.82, 2.24) is 9.80 Å². The van der Waals surface area contributed by atoms with E-state index in [1.54, 1.807) is 0 Å². The van der Waals surface area contributed by atoms with Gasteiger partial charge in [0.2, 0.25) is 5.91 Å². The highest BCUT2D eigenvalue weighted by Gasteiger charge is 2.20. The second kappa shape index (κ2) is 11.4. The van der Waals surface area contributed by atoms with E-state index >= 15 is 0 Å². The van der Waals surface area contributed by atoms with Gasteiger partial charge in [0.25, 0.3) is 0 Å². The first-order valence-electron chi connectivity index (χ1n) is 10.5. The Morgan fingerprint density at radius 3 is 2.14 bits per heavy atom. The van der Waals surface area contributed by atoms with Crippen LogP contribution in [0.3, 0.4) is 0 Å². The number of nitrogens with zero attached hydrogens (tertiary/aromatic N) is 2. The molecule has 1 fully saturated rings. The van der Waals surface area contributed by atoms with E-state index in [-0.39, 0.29) is 11.7 Å². The lowest BCUT2D eigenvalue weighted by molar-refractivity contribution is -0.133. The first-order chi connectivity index (χ1) is 14.2. The summed E-state index contributed by atoms with van der Waals surface area (Å²) in [7, 11) is 0. The molecule has 0 aromatic heterocycles. The van der Waals surface area contributed by atoms with Gasteiger partial charge in [-0.05, 0) is 31.5 Å². The van der Waals surface area contributed by atoms with Gasteiger partial charge in [-0.2, -0.15) is 0 Å². The van der Waals surface area contributed by atoms with Gasteiger partial charge in [0, 0.05) is 44.6 Å². The Bertz CT molecular complexity index is 756. The van der Waals surface area contributed by atoms with Crippen molar-refractivity contribution in [3.8, 4) is 5.75 Å². The zero-order valence-electron chi connectivity index (χ0n) is 17.0. The lowest BCUT2D eigenvalue weighted by atomic mass is 10.1. The fraction of sp³-hybridized carbons (Fsp3) is 0.417. The Balaban J connectivity index is 1.26. The van der Waals surface area contributed by atoms with Gasteiger partial charge in [0.1, 0.15) is 5.75 Å². The fourth-order valence-electron chi connectivity index (χ4n) is 3.54. The standard InChI is InChI=1S/C24H30N2O3/c27-23(21-9-3-1-4-10-21)13-7-15-25-16-18-26(19-17-25)24(28)14-8-20-29-22-11-5-2-6-12-22/h1-6,9-12H,7-8,13-20H2. The van der Waals surface area contributed by atoms with E-state index in [0.717, 1.165) is 56.9 Å². The second-order valence-corrected chi connectivity index (χ2v) is 7.38. The molecule has 0 saturated carbocycles. The third-order valence-corrected chi connectivity index (χ3v) is 5.25. The van der Waals surface area contributed by atoms with Gasteiger partial charge in [0.05, 0.1) is 6.61 Å². The van der Waals surface area contributed by atoms with E-state index < -0.39 is 0 Å². The fourth-order valence-corrected chi connectivity index (χ4v) is 3.54. The second-order valence-electron chi connectivity index (χ2n) is 7.38. The molecule has 1 amide bonds. The topological polar surface area (TPSA) is 49.9 Å². The average Bonchev–Trinajstić information content (AvgIpc) is 2.78. The Morgan fingerprint density at radius 2 is 1.45 bits per heavy atom. The largest absolute Gasteiger partial charge is 0.494 e. The van der Waals surface area contributed by atoms with Gasteiger partial charge in [-0.1, -0.05) is 48.5 Å². The molecule has 0 N–H and O–H groups in total. The molecule has 1 aliphatic heterocycles. The highest BCUT2D eigenvalue weighted by molar-refractivity contribution is 5.95. The predicted octanol–water partition coefficient (Wildman–Crippen LogP) is 3.65. The third-order valence-electron chi connectivity index (χ3n) is 5.25. The van der Waals surface area contributed by atoms with Crippen LogP contribution in [-0.4, -0.2) is 60.8 Å². The average molecular weight is 395 g/mol. The van der Waals surface area contributed by atoms with Crippen molar-refractivity contribution in [3.05, 3.63) is 66.2 Å². The number of ether oxygens (including phenoxy) is 1. The van der Waals surface area contributed by atoms with Gasteiger partial charge in [-0.25, -0.2) is 0 Å². The van der Waals surface area contributed by atoms with Gasteiger partial charge in [-0.3, -0.25) is 14.5 Å². The van der Waals surface area contributed by atoms with Gasteiger partial charge < -0.3 is 9.64 Å². The van der Waals surface area contributed by atoms with E-state index in [2.05, 4.69) is 4.90 Å². The van der Waals surface area contributed by atoms with E-state index in [1.165, 1.54) is 0 Å². The summed E-state index contributed by atoms with van der Waals surface area (Å²) in [6, 6.07) is 19.2. The zero-order chi connectivity index (χ0) is 20.3. The Morgan fingerprint density at radius 1 is 0.793 bits per heavy atom. The van der Waals surface area contributed by atoms with Crippen LogP contribution < -0.4 is 4.74 Å². The summed E-state index contributed by atoms with van der Waals surface area (Å²) < 4.78 is 5.65. The number of amides is 1. The lowest BCUT2D eigenvalue weighted by Gasteiger charge is -2.34. The monoisotopic (exact) mass is 394 g/mol. The Kier molecular flexibility index (Phi) is 8.25. The van der Waals surface area contributed by atoms with Crippen LogP contribution >= 0.6 is 0 Å². The van der Waals surface area contributed by atoms with Crippen molar-refractivity contribution in [2.24, 2.45) is 0 Å². The molecule has 0 radical (unpaired) electrons. The molecule has 1 saturated heterocycles. The van der Waals surface area contributed by atoms with Crippen LogP contribution in [-0.2, 0) is 4.79 Å². The van der Waals surface area contributed by atoms with Crippen LogP contribution in [0.15, 0.2) is 60.7 Å². The predicted molar refractivity (Wildman–Crippen MR) is 114 cm³/mol. The minimum absolute atomic E-state index is 0.206. The maximum absolute atomic E-state index is 12.4. The number of para-hydroxylation sites is 1. The molecule has 5 nitrogen and oxygen atoms in total. The summed E-state index contributed by atoms with van der Waals surface area (Å²) >= 11 is 0. The lowest BCUT2D eigenvalue weighted by Crippen LogP contribution is -2.48. The molecule has 2 aromatic rings. The normalized spacial score (nSPS) is 14.6. The number of Topliss-reactive ketones (excluding diaryl/α,β-unsaturated/α-hetero) is 1. The first-order valence-corrected chi connectivity index (χ1v) is 10.5. The summed E-state index contributed by atoms with van der Waals surface area (Å²) in [6.07, 6.45) is 2.69. The number of carbonyl (C=O) groups excluding carboxylic acids is 2. The molecular weight excluding hydrogens is 364 g/mol. The van der Waals surface area contributed by atoms with Gasteiger partial charge in [0.15, 0.2) is 5.78 Å². The Labute approximate surface area is 173 Å². The van der Waals surface area contributed by atoms with Crippen LogP contribution in [0.4, 0.5) is 0 Å². The number of benzene rings is 2. The van der Waals surface area contributed by atoms with Crippen LogP contribution in [0.5, 0.6) is 5.75 Å². The van der Waals surface area contributed by atoms with Crippen molar-refractivity contribution in [2.75, 3.05) is 39.3 Å². The molecule has 0 bridgehead atoms. The molecule has 5 heteroatoms. The van der Waals surface area contributed by atoms with Crippen molar-refractivity contribution in [1.29, 1.82) is 0 Å². The van der Waals surface area contributed by atoms with Crippen LogP contribution in [0.25, 0.3) is 0 Å². The summed E-state index contributed by atoms with van der Waals surface area (Å²) in [6.45, 7) is 4.77. The third kappa shape index (κ3) is 7.02. The summed E-state index contributed by atoms with van der Waals surface area (Å²) in [4.78, 5) is 28.8. The van der Waals surface area contributed by atoms with Crippen molar-refractivity contribution in [2.45, 2.75) is 25.7 Å². The maximum Gasteiger partial charge on any atom is 0.222 e. The molecule has 0 spiro atoms. The van der Waals surface area contributed by atoms with Crippen molar-refractivity contribution in [3.63, 3.8) is 0 Å². The van der Waals surface area contributed by atoms with Crippen molar-refractivity contribution >= 4 is 11.7 Å². The molecule has 1 heterocycles. The smallest absolute Gasteiger partial charge is 0.222 e. The quantitative estimate of drug-likeness (QED) is 0.456. The molecule has 29 heavy (non-hydrogen) atoms. The summed E-state index contributed by atoms with van der Waals surface area (Å²) in [5.41, 5.74) is 0.791. The van der Waals surface area contributed by atoms with Gasteiger partial charge in [-0.15, -0.1) is 0 Å². The Hall–Kier alpha value is -2.66.